The highest BCUT2D eigenvalue weighted by Gasteiger charge is 2.58. The molecule has 13 aliphatic rings. The predicted octanol–water partition coefficient (Wildman–Crippen LogP) is 10.3. The lowest BCUT2D eigenvalue weighted by atomic mass is 9.45. The number of amides is 4. The van der Waals surface area contributed by atoms with Crippen LogP contribution in [0.25, 0.3) is 0 Å². The van der Waals surface area contributed by atoms with Crippen molar-refractivity contribution in [3.05, 3.63) is 0 Å². The molecule has 13 rings (SSSR count). The van der Waals surface area contributed by atoms with Crippen LogP contribution in [0.15, 0.2) is 0 Å². The number of fused-ring (bicyclic) bond motifs is 2. The zero-order valence-electron chi connectivity index (χ0n) is 42.5. The minimum Gasteiger partial charge on any atom is -0.375 e. The van der Waals surface area contributed by atoms with E-state index < -0.39 is 0 Å². The molecule has 0 spiro atoms. The second-order valence-corrected chi connectivity index (χ2v) is 26.2. The Bertz CT molecular complexity index is 1820. The molecule has 9 unspecified atom stereocenters. The van der Waals surface area contributed by atoms with Crippen LogP contribution in [0.3, 0.4) is 0 Å². The van der Waals surface area contributed by atoms with Crippen LogP contribution in [-0.4, -0.2) is 108 Å². The van der Waals surface area contributed by atoms with Crippen molar-refractivity contribution in [2.75, 3.05) is 7.05 Å². The van der Waals surface area contributed by atoms with Gasteiger partial charge in [-0.1, -0.05) is 6.92 Å². The summed E-state index contributed by atoms with van der Waals surface area (Å²) in [5.74, 6) is 3.69. The van der Waals surface area contributed by atoms with Crippen LogP contribution >= 0.6 is 0 Å². The minimum absolute atomic E-state index is 0.00826. The Morgan fingerprint density at radius 1 is 0.377 bits per heavy atom. The van der Waals surface area contributed by atoms with Gasteiger partial charge in [-0.2, -0.15) is 0 Å². The molecule has 0 aromatic carbocycles. The number of carbonyl (C=O) groups is 4. The summed E-state index contributed by atoms with van der Waals surface area (Å²) in [6, 6.07) is 0.00826. The summed E-state index contributed by atoms with van der Waals surface area (Å²) >= 11 is 0. The third-order valence-electron chi connectivity index (χ3n) is 21.7. The van der Waals surface area contributed by atoms with E-state index in [-0.39, 0.29) is 96.1 Å². The zero-order valence-corrected chi connectivity index (χ0v) is 42.5. The van der Waals surface area contributed by atoms with Gasteiger partial charge in [0.2, 0.25) is 23.6 Å². The largest absolute Gasteiger partial charge is 0.375 e. The maximum Gasteiger partial charge on any atom is 0.233 e. The molecule has 2 heterocycles. The molecule has 2 aliphatic heterocycles. The number of carbonyl (C=O) groups excluding carboxylic acids is 4. The summed E-state index contributed by atoms with van der Waals surface area (Å²) in [6.45, 7) is 2.41. The van der Waals surface area contributed by atoms with Crippen molar-refractivity contribution in [2.24, 2.45) is 58.7 Å². The van der Waals surface area contributed by atoms with E-state index >= 15 is 0 Å². The lowest BCUT2D eigenvalue weighted by molar-refractivity contribution is -0.182. The highest BCUT2D eigenvalue weighted by molar-refractivity contribution is 6.06. The summed E-state index contributed by atoms with van der Waals surface area (Å²) in [4.78, 5) is 56.2. The summed E-state index contributed by atoms with van der Waals surface area (Å²) in [5, 5.41) is 0. The van der Waals surface area contributed by atoms with Gasteiger partial charge < -0.3 is 23.7 Å². The van der Waals surface area contributed by atoms with Crippen LogP contribution in [0.2, 0.25) is 0 Å². The molecule has 11 nitrogen and oxygen atoms in total. The van der Waals surface area contributed by atoms with Crippen LogP contribution in [0.5, 0.6) is 0 Å². The van der Waals surface area contributed by atoms with Gasteiger partial charge in [0.25, 0.3) is 0 Å². The van der Waals surface area contributed by atoms with E-state index in [1.807, 2.05) is 0 Å². The summed E-state index contributed by atoms with van der Waals surface area (Å²) in [7, 11) is 1.62. The van der Waals surface area contributed by atoms with Crippen molar-refractivity contribution in [3.8, 4) is 0 Å². The highest BCUT2D eigenvalue weighted by Crippen LogP contribution is 2.65. The number of hydrogen-bond donors (Lipinski definition) is 0. The maximum absolute atomic E-state index is 14.2. The first-order chi connectivity index (χ1) is 33.5. The molecule has 11 saturated carbocycles. The second kappa shape index (κ2) is 20.1. The standard InChI is InChI=1S/C58H88N2O9/c1-34-3-7-44(8-4-34)69-53-24-21-47(30-52(53)58-31-35-25-36(32-58)27-37(26-35)33-58)68-39-9-5-38(6-10-39)60-56(63)49-23-20-46(29-51(49)57(60)64)67-43-17-13-41(14-18-43)65-40-11-15-42(16-12-40)66-45-19-22-48-50(28-45)55(62)59(2)54(48)61/h34-53H,3-33H2,1-2H3. The Morgan fingerprint density at radius 2 is 0.739 bits per heavy atom. The average molecular weight is 957 g/mol. The van der Waals surface area contributed by atoms with Gasteiger partial charge in [0, 0.05) is 13.1 Å². The molecule has 69 heavy (non-hydrogen) atoms. The van der Waals surface area contributed by atoms with E-state index in [0.29, 0.717) is 42.5 Å². The average Bonchev–Trinajstić information content (AvgIpc) is 3.72. The summed E-state index contributed by atoms with van der Waals surface area (Å²) < 4.78 is 34.3. The fourth-order valence-electron chi connectivity index (χ4n) is 18.5. The Kier molecular flexibility index (Phi) is 14.0. The summed E-state index contributed by atoms with van der Waals surface area (Å²) in [6.07, 6.45) is 35.9. The number of rotatable bonds is 12. The van der Waals surface area contributed by atoms with E-state index in [9.17, 15) is 19.2 Å². The number of hydrogen-bond acceptors (Lipinski definition) is 9. The first-order valence-electron chi connectivity index (χ1n) is 29.5. The SMILES string of the molecule is CC1CCC(OC2CCC(OC3CCC(N4C(=O)C5CCC(OC6CCC(OC7CCC(OC8CCC9C(=O)N(C)C(=O)C9C8)CC7)CC6)CC5C4=O)CC3)CC2C23CC4CC(CC(C4)C2)C3)CC1. The van der Waals surface area contributed by atoms with Gasteiger partial charge in [0.1, 0.15) is 0 Å². The van der Waals surface area contributed by atoms with E-state index in [2.05, 4.69) is 6.92 Å². The van der Waals surface area contributed by atoms with Crippen LogP contribution < -0.4 is 0 Å². The van der Waals surface area contributed by atoms with Crippen LogP contribution in [0.1, 0.15) is 206 Å². The Balaban J connectivity index is 0.570. The van der Waals surface area contributed by atoms with Gasteiger partial charge in [0.05, 0.1) is 84.7 Å². The highest BCUT2D eigenvalue weighted by atomic mass is 16.5. The smallest absolute Gasteiger partial charge is 0.233 e. The zero-order chi connectivity index (χ0) is 47.0. The van der Waals surface area contributed by atoms with Gasteiger partial charge in [-0.3, -0.25) is 29.0 Å². The van der Waals surface area contributed by atoms with E-state index in [0.717, 1.165) is 139 Å². The van der Waals surface area contributed by atoms with Crippen molar-refractivity contribution in [3.63, 3.8) is 0 Å². The molecule has 0 aromatic rings. The monoisotopic (exact) mass is 957 g/mol. The number of nitrogens with zero attached hydrogens (tertiary/aromatic N) is 2. The third-order valence-corrected chi connectivity index (χ3v) is 21.7. The Hall–Kier alpha value is -1.92. The lowest BCUT2D eigenvalue weighted by Gasteiger charge is -2.62. The van der Waals surface area contributed by atoms with Crippen molar-refractivity contribution in [1.29, 1.82) is 0 Å². The first kappa shape index (κ1) is 48.0. The van der Waals surface area contributed by atoms with E-state index in [1.54, 1.807) is 11.9 Å². The van der Waals surface area contributed by atoms with Crippen molar-refractivity contribution < 1.29 is 42.9 Å². The van der Waals surface area contributed by atoms with Crippen molar-refractivity contribution in [2.45, 2.75) is 273 Å². The number of imide groups is 2. The van der Waals surface area contributed by atoms with Gasteiger partial charge >= 0.3 is 0 Å². The van der Waals surface area contributed by atoms with Gasteiger partial charge in [-0.25, -0.2) is 0 Å². The van der Waals surface area contributed by atoms with Crippen molar-refractivity contribution >= 4 is 23.6 Å². The maximum atomic E-state index is 14.2. The van der Waals surface area contributed by atoms with Crippen molar-refractivity contribution in [1.82, 2.24) is 9.80 Å². The van der Waals surface area contributed by atoms with Crippen LogP contribution in [0, 0.1) is 58.7 Å². The minimum atomic E-state index is -0.230. The fraction of sp³-hybridized carbons (Fsp3) is 0.931. The normalized spacial score (nSPS) is 49.1. The molecule has 0 N–H and O–H groups in total. The van der Waals surface area contributed by atoms with E-state index in [4.69, 9.17) is 23.7 Å². The second-order valence-electron chi connectivity index (χ2n) is 26.2. The predicted molar refractivity (Wildman–Crippen MR) is 259 cm³/mol. The molecule has 11 aliphatic carbocycles. The molecule has 9 atom stereocenters. The van der Waals surface area contributed by atoms with Gasteiger partial charge in [0.15, 0.2) is 0 Å². The molecular formula is C58H88N2O9. The number of ether oxygens (including phenoxy) is 5. The Morgan fingerprint density at radius 3 is 1.26 bits per heavy atom. The number of likely N-dealkylation sites (tertiary alicyclic amines) is 2. The molecule has 2 saturated heterocycles. The summed E-state index contributed by atoms with van der Waals surface area (Å²) in [5.41, 5.74) is 0.467. The first-order valence-corrected chi connectivity index (χ1v) is 29.5. The molecule has 0 radical (unpaired) electrons. The molecule has 0 aromatic heterocycles. The molecule has 4 amide bonds. The molecule has 11 heteroatoms. The quantitative estimate of drug-likeness (QED) is 0.176. The molecule has 4 bridgehead atoms. The van der Waals surface area contributed by atoms with E-state index in [1.165, 1.54) is 75.5 Å². The van der Waals surface area contributed by atoms with Gasteiger partial charge in [-0.05, 0) is 234 Å². The third kappa shape index (κ3) is 9.84. The lowest BCUT2D eigenvalue weighted by Crippen LogP contribution is -2.55. The van der Waals surface area contributed by atoms with Crippen LogP contribution in [0.4, 0.5) is 0 Å². The molecule has 13 fully saturated rings. The fourth-order valence-corrected chi connectivity index (χ4v) is 18.5. The molecular weight excluding hydrogens is 869 g/mol. The van der Waals surface area contributed by atoms with Gasteiger partial charge in [-0.15, -0.1) is 0 Å². The topological polar surface area (TPSA) is 121 Å². The molecule has 384 valence electrons. The van der Waals surface area contributed by atoms with Crippen LogP contribution in [-0.2, 0) is 42.9 Å². The Labute approximate surface area is 413 Å².